The smallest absolute Gasteiger partial charge is 0.339 e. The third kappa shape index (κ3) is 2.84. The number of aromatic nitrogens is 2. The van der Waals surface area contributed by atoms with Crippen molar-refractivity contribution in [1.29, 1.82) is 0 Å². The zero-order valence-electron chi connectivity index (χ0n) is 9.83. The monoisotopic (exact) mass is 263 g/mol. The molecule has 1 unspecified atom stereocenters. The molecule has 94 valence electrons. The van der Waals surface area contributed by atoms with Crippen LogP contribution in [0.3, 0.4) is 0 Å². The predicted molar refractivity (Wildman–Crippen MR) is 70.2 cm³/mol. The second-order valence-corrected chi connectivity index (χ2v) is 4.78. The summed E-state index contributed by atoms with van der Waals surface area (Å²) in [5.74, 6) is -0.366. The van der Waals surface area contributed by atoms with Crippen LogP contribution in [0, 0.1) is 0 Å². The number of hydrogen-bond acceptors (Lipinski definition) is 5. The van der Waals surface area contributed by atoms with Gasteiger partial charge in [0.15, 0.2) is 0 Å². The second-order valence-electron chi connectivity index (χ2n) is 3.86. The molecule has 2 aromatic heterocycles. The van der Waals surface area contributed by atoms with Gasteiger partial charge in [-0.25, -0.2) is 14.8 Å². The van der Waals surface area contributed by atoms with Gasteiger partial charge in [-0.05, 0) is 12.1 Å². The number of thiazole rings is 1. The van der Waals surface area contributed by atoms with Crippen molar-refractivity contribution in [2.75, 3.05) is 11.9 Å². The number of carboxylic acids is 1. The summed E-state index contributed by atoms with van der Waals surface area (Å²) in [5.41, 5.74) is 0.184. The normalized spacial score (nSPS) is 12.1. The molecule has 0 radical (unpaired) electrons. The van der Waals surface area contributed by atoms with Crippen molar-refractivity contribution in [3.05, 3.63) is 40.5 Å². The number of carbonyl (C=O) groups is 1. The van der Waals surface area contributed by atoms with E-state index in [4.69, 9.17) is 5.11 Å². The summed E-state index contributed by atoms with van der Waals surface area (Å²) in [6.07, 6.45) is 3.34. The highest BCUT2D eigenvalue weighted by molar-refractivity contribution is 7.09. The van der Waals surface area contributed by atoms with Crippen LogP contribution in [0.25, 0.3) is 0 Å². The molecule has 0 aliphatic carbocycles. The van der Waals surface area contributed by atoms with E-state index in [1.54, 1.807) is 29.8 Å². The number of nitrogens with one attached hydrogen (secondary N) is 1. The second kappa shape index (κ2) is 5.59. The number of carboxylic acid groups (broad SMARTS) is 1. The zero-order valence-corrected chi connectivity index (χ0v) is 10.6. The van der Waals surface area contributed by atoms with Gasteiger partial charge < -0.3 is 10.4 Å². The fourth-order valence-corrected chi connectivity index (χ4v) is 2.23. The molecule has 0 bridgehead atoms. The summed E-state index contributed by atoms with van der Waals surface area (Å²) in [4.78, 5) is 19.3. The van der Waals surface area contributed by atoms with Gasteiger partial charge in [-0.1, -0.05) is 6.92 Å². The van der Waals surface area contributed by atoms with E-state index in [-0.39, 0.29) is 11.5 Å². The Bertz CT molecular complexity index is 528. The van der Waals surface area contributed by atoms with Gasteiger partial charge in [0.25, 0.3) is 0 Å². The molecule has 2 rings (SSSR count). The summed E-state index contributed by atoms with van der Waals surface area (Å²) in [5, 5.41) is 15.0. The molecule has 0 fully saturated rings. The molecular formula is C12H13N3O2S. The summed E-state index contributed by atoms with van der Waals surface area (Å²) < 4.78 is 0. The molecular weight excluding hydrogens is 250 g/mol. The Labute approximate surface area is 109 Å². The SMILES string of the molecule is CC(CNc1ncccc1C(=O)O)c1nccs1. The van der Waals surface area contributed by atoms with E-state index >= 15 is 0 Å². The van der Waals surface area contributed by atoms with Gasteiger partial charge in [0, 0.05) is 30.2 Å². The third-order valence-electron chi connectivity index (χ3n) is 2.49. The minimum absolute atomic E-state index is 0.184. The standard InChI is InChI=1S/C12H13N3O2S/c1-8(11-14-5-6-18-11)7-15-10-9(12(16)17)3-2-4-13-10/h2-6,8H,7H2,1H3,(H,13,15)(H,16,17). The average molecular weight is 263 g/mol. The Hall–Kier alpha value is -1.95. The van der Waals surface area contributed by atoms with Gasteiger partial charge in [-0.3, -0.25) is 0 Å². The van der Waals surface area contributed by atoms with Crippen molar-refractivity contribution < 1.29 is 9.90 Å². The minimum atomic E-state index is -0.979. The van der Waals surface area contributed by atoms with Crippen LogP contribution >= 0.6 is 11.3 Å². The molecule has 0 aliphatic rings. The van der Waals surface area contributed by atoms with Gasteiger partial charge in [-0.2, -0.15) is 0 Å². The Morgan fingerprint density at radius 2 is 2.33 bits per heavy atom. The summed E-state index contributed by atoms with van der Waals surface area (Å²) >= 11 is 1.59. The van der Waals surface area contributed by atoms with E-state index in [9.17, 15) is 4.79 Å². The first kappa shape index (κ1) is 12.5. The highest BCUT2D eigenvalue weighted by Gasteiger charge is 2.12. The molecule has 0 aromatic carbocycles. The molecule has 18 heavy (non-hydrogen) atoms. The van der Waals surface area contributed by atoms with Crippen LogP contribution < -0.4 is 5.32 Å². The van der Waals surface area contributed by atoms with Crippen molar-refractivity contribution in [2.45, 2.75) is 12.8 Å². The first-order chi connectivity index (χ1) is 8.68. The topological polar surface area (TPSA) is 75.1 Å². The van der Waals surface area contributed by atoms with Crippen LogP contribution in [0.1, 0.15) is 28.2 Å². The van der Waals surface area contributed by atoms with E-state index in [0.29, 0.717) is 12.4 Å². The number of pyridine rings is 1. The lowest BCUT2D eigenvalue weighted by Crippen LogP contribution is -2.13. The molecule has 0 amide bonds. The molecule has 0 spiro atoms. The molecule has 0 saturated carbocycles. The summed E-state index contributed by atoms with van der Waals surface area (Å²) in [6.45, 7) is 2.64. The molecule has 6 heteroatoms. The van der Waals surface area contributed by atoms with Crippen LogP contribution in [0.5, 0.6) is 0 Å². The predicted octanol–water partition coefficient (Wildman–Crippen LogP) is 2.45. The highest BCUT2D eigenvalue weighted by atomic mass is 32.1. The van der Waals surface area contributed by atoms with Crippen molar-refractivity contribution >= 4 is 23.1 Å². The number of nitrogens with zero attached hydrogens (tertiary/aromatic N) is 2. The first-order valence-corrected chi connectivity index (χ1v) is 6.38. The van der Waals surface area contributed by atoms with Gasteiger partial charge >= 0.3 is 5.97 Å². The van der Waals surface area contributed by atoms with E-state index in [1.807, 2.05) is 12.3 Å². The lowest BCUT2D eigenvalue weighted by atomic mass is 10.2. The molecule has 2 aromatic rings. The molecule has 0 aliphatic heterocycles. The Kier molecular flexibility index (Phi) is 3.88. The quantitative estimate of drug-likeness (QED) is 0.866. The van der Waals surface area contributed by atoms with Gasteiger partial charge in [0.1, 0.15) is 11.4 Å². The molecule has 5 nitrogen and oxygen atoms in total. The number of rotatable bonds is 5. The number of aromatic carboxylic acids is 1. The summed E-state index contributed by atoms with van der Waals surface area (Å²) in [6, 6.07) is 3.14. The Morgan fingerprint density at radius 3 is 3.00 bits per heavy atom. The van der Waals surface area contributed by atoms with Crippen molar-refractivity contribution in [3.63, 3.8) is 0 Å². The molecule has 2 heterocycles. The van der Waals surface area contributed by atoms with Crippen molar-refractivity contribution in [2.24, 2.45) is 0 Å². The fraction of sp³-hybridized carbons (Fsp3) is 0.250. The maximum atomic E-state index is 11.0. The van der Waals surface area contributed by atoms with E-state index in [2.05, 4.69) is 15.3 Å². The van der Waals surface area contributed by atoms with Crippen molar-refractivity contribution in [3.8, 4) is 0 Å². The Morgan fingerprint density at radius 1 is 1.50 bits per heavy atom. The van der Waals surface area contributed by atoms with E-state index in [1.165, 1.54) is 6.07 Å². The van der Waals surface area contributed by atoms with Crippen LogP contribution in [0.15, 0.2) is 29.9 Å². The highest BCUT2D eigenvalue weighted by Crippen LogP contribution is 2.19. The fourth-order valence-electron chi connectivity index (χ4n) is 1.53. The molecule has 2 N–H and O–H groups in total. The summed E-state index contributed by atoms with van der Waals surface area (Å²) in [7, 11) is 0. The van der Waals surface area contributed by atoms with Gasteiger partial charge in [0.05, 0.1) is 5.01 Å². The number of hydrogen-bond donors (Lipinski definition) is 2. The van der Waals surface area contributed by atoms with Crippen molar-refractivity contribution in [1.82, 2.24) is 9.97 Å². The third-order valence-corrected chi connectivity index (χ3v) is 3.49. The number of anilines is 1. The lowest BCUT2D eigenvalue weighted by molar-refractivity contribution is 0.0697. The molecule has 1 atom stereocenters. The van der Waals surface area contributed by atoms with Crippen LogP contribution in [-0.2, 0) is 0 Å². The van der Waals surface area contributed by atoms with Gasteiger partial charge in [0.2, 0.25) is 0 Å². The van der Waals surface area contributed by atoms with Crippen LogP contribution in [0.4, 0.5) is 5.82 Å². The maximum Gasteiger partial charge on any atom is 0.339 e. The zero-order chi connectivity index (χ0) is 13.0. The van der Waals surface area contributed by atoms with Gasteiger partial charge in [-0.15, -0.1) is 11.3 Å². The van der Waals surface area contributed by atoms with E-state index < -0.39 is 5.97 Å². The maximum absolute atomic E-state index is 11.0. The first-order valence-electron chi connectivity index (χ1n) is 5.50. The lowest BCUT2D eigenvalue weighted by Gasteiger charge is -2.11. The van der Waals surface area contributed by atoms with Crippen LogP contribution in [-0.4, -0.2) is 27.6 Å². The minimum Gasteiger partial charge on any atom is -0.478 e. The Balaban J connectivity index is 2.04. The van der Waals surface area contributed by atoms with E-state index in [0.717, 1.165) is 5.01 Å². The largest absolute Gasteiger partial charge is 0.478 e. The average Bonchev–Trinajstić information content (AvgIpc) is 2.90. The molecule has 0 saturated heterocycles. The van der Waals surface area contributed by atoms with Crippen LogP contribution in [0.2, 0.25) is 0 Å².